The van der Waals surface area contributed by atoms with Crippen LogP contribution in [-0.4, -0.2) is 23.3 Å². The molecule has 0 atom stereocenters. The van der Waals surface area contributed by atoms with E-state index in [1.807, 2.05) is 0 Å². The van der Waals surface area contributed by atoms with E-state index in [0.29, 0.717) is 0 Å². The summed E-state index contributed by atoms with van der Waals surface area (Å²) in [5.41, 5.74) is 0.999. The molecule has 1 saturated heterocycles. The molecule has 3 aromatic rings. The van der Waals surface area contributed by atoms with Crippen molar-refractivity contribution in [2.24, 2.45) is 0 Å². The highest BCUT2D eigenvalue weighted by Crippen LogP contribution is 2.34. The van der Waals surface area contributed by atoms with E-state index < -0.39 is 0 Å². The quantitative estimate of drug-likeness (QED) is 0.712. The number of thiophene rings is 1. The van der Waals surface area contributed by atoms with Gasteiger partial charge in [-0.15, -0.1) is 21.5 Å². The molecule has 4 heteroatoms. The van der Waals surface area contributed by atoms with Crippen molar-refractivity contribution in [3.63, 3.8) is 0 Å². The molecule has 1 fully saturated rings. The first kappa shape index (κ1) is 11.9. The summed E-state index contributed by atoms with van der Waals surface area (Å²) in [6.07, 6.45) is 2.51. The van der Waals surface area contributed by atoms with Gasteiger partial charge in [-0.1, -0.05) is 30.3 Å². The van der Waals surface area contributed by atoms with Crippen LogP contribution in [0.2, 0.25) is 0 Å². The van der Waals surface area contributed by atoms with E-state index in [1.54, 1.807) is 11.3 Å². The number of aromatic nitrogens is 2. The lowest BCUT2D eigenvalue weighted by atomic mass is 10.1. The van der Waals surface area contributed by atoms with Gasteiger partial charge in [0.25, 0.3) is 0 Å². The first-order chi connectivity index (χ1) is 9.93. The van der Waals surface area contributed by atoms with E-state index in [-0.39, 0.29) is 0 Å². The van der Waals surface area contributed by atoms with Crippen molar-refractivity contribution >= 4 is 27.9 Å². The zero-order valence-corrected chi connectivity index (χ0v) is 11.9. The fraction of sp³-hybridized carbons (Fsp3) is 0.250. The fourth-order valence-corrected chi connectivity index (χ4v) is 3.57. The van der Waals surface area contributed by atoms with Crippen molar-refractivity contribution < 1.29 is 0 Å². The molecule has 0 bridgehead atoms. The molecule has 4 rings (SSSR count). The molecule has 0 aliphatic carbocycles. The third-order valence-corrected chi connectivity index (χ3v) is 4.70. The summed E-state index contributed by atoms with van der Waals surface area (Å²) in [6.45, 7) is 2.19. The van der Waals surface area contributed by atoms with Crippen molar-refractivity contribution in [2.45, 2.75) is 12.8 Å². The minimum absolute atomic E-state index is 0.999. The number of rotatable bonds is 2. The number of anilines is 1. The van der Waals surface area contributed by atoms with Crippen LogP contribution >= 0.6 is 11.3 Å². The van der Waals surface area contributed by atoms with Crippen LogP contribution in [0.5, 0.6) is 0 Å². The second-order valence-electron chi connectivity index (χ2n) is 5.09. The predicted octanol–water partition coefficient (Wildman–Crippen LogP) is 3.96. The highest BCUT2D eigenvalue weighted by Gasteiger charge is 2.18. The molecule has 3 heterocycles. The summed E-state index contributed by atoms with van der Waals surface area (Å²) in [5.74, 6) is 1.04. The largest absolute Gasteiger partial charge is 0.355 e. The van der Waals surface area contributed by atoms with Crippen LogP contribution in [0.25, 0.3) is 21.3 Å². The van der Waals surface area contributed by atoms with Gasteiger partial charge in [0.05, 0.1) is 4.88 Å². The minimum atomic E-state index is 0.999. The molecular formula is C16H15N3S. The topological polar surface area (TPSA) is 29.0 Å². The van der Waals surface area contributed by atoms with Gasteiger partial charge in [0.2, 0.25) is 0 Å². The van der Waals surface area contributed by atoms with Crippen molar-refractivity contribution in [2.75, 3.05) is 18.0 Å². The molecule has 0 amide bonds. The zero-order chi connectivity index (χ0) is 13.4. The lowest BCUT2D eigenvalue weighted by molar-refractivity contribution is 0.908. The number of hydrogen-bond acceptors (Lipinski definition) is 4. The van der Waals surface area contributed by atoms with E-state index in [4.69, 9.17) is 0 Å². The molecular weight excluding hydrogens is 266 g/mol. The lowest BCUT2D eigenvalue weighted by Gasteiger charge is -2.18. The molecule has 0 N–H and O–H groups in total. The highest BCUT2D eigenvalue weighted by atomic mass is 32.1. The Balaban J connectivity index is 1.94. The second-order valence-corrected chi connectivity index (χ2v) is 6.04. The maximum atomic E-state index is 4.53. The second kappa shape index (κ2) is 4.87. The van der Waals surface area contributed by atoms with E-state index in [0.717, 1.165) is 24.6 Å². The monoisotopic (exact) mass is 281 g/mol. The van der Waals surface area contributed by atoms with Crippen molar-refractivity contribution in [3.05, 3.63) is 41.8 Å². The molecule has 0 radical (unpaired) electrons. The Kier molecular flexibility index (Phi) is 2.89. The van der Waals surface area contributed by atoms with Gasteiger partial charge in [0.15, 0.2) is 5.82 Å². The van der Waals surface area contributed by atoms with Crippen LogP contribution in [0.3, 0.4) is 0 Å². The summed E-state index contributed by atoms with van der Waals surface area (Å²) in [7, 11) is 0. The van der Waals surface area contributed by atoms with Gasteiger partial charge < -0.3 is 4.90 Å². The number of nitrogens with zero attached hydrogens (tertiary/aromatic N) is 3. The van der Waals surface area contributed by atoms with Crippen molar-refractivity contribution in [1.82, 2.24) is 10.2 Å². The Morgan fingerprint density at radius 1 is 0.900 bits per heavy atom. The van der Waals surface area contributed by atoms with E-state index >= 15 is 0 Å². The lowest BCUT2D eigenvalue weighted by Crippen LogP contribution is -2.19. The first-order valence-electron chi connectivity index (χ1n) is 6.98. The van der Waals surface area contributed by atoms with E-state index in [9.17, 15) is 0 Å². The maximum Gasteiger partial charge on any atom is 0.159 e. The minimum Gasteiger partial charge on any atom is -0.355 e. The number of benzene rings is 1. The van der Waals surface area contributed by atoms with Crippen molar-refractivity contribution in [3.8, 4) is 10.6 Å². The first-order valence-corrected chi connectivity index (χ1v) is 7.86. The molecule has 1 aliphatic heterocycles. The standard InChI is InChI=1S/C16H15N3S/c1-2-7-13-12(6-1)15(14-8-5-11-20-14)17-18-16(13)19-9-3-4-10-19/h1-2,5-8,11H,3-4,9-10H2. The van der Waals surface area contributed by atoms with Crippen LogP contribution in [-0.2, 0) is 0 Å². The molecule has 0 spiro atoms. The van der Waals surface area contributed by atoms with Crippen LogP contribution in [0.15, 0.2) is 41.8 Å². The molecule has 100 valence electrons. The highest BCUT2D eigenvalue weighted by molar-refractivity contribution is 7.13. The summed E-state index contributed by atoms with van der Waals surface area (Å²) < 4.78 is 0. The number of fused-ring (bicyclic) bond motifs is 1. The van der Waals surface area contributed by atoms with Crippen LogP contribution in [0.1, 0.15) is 12.8 Å². The molecule has 20 heavy (non-hydrogen) atoms. The zero-order valence-electron chi connectivity index (χ0n) is 11.1. The molecule has 0 saturated carbocycles. The van der Waals surface area contributed by atoms with E-state index in [2.05, 4.69) is 56.9 Å². The van der Waals surface area contributed by atoms with Gasteiger partial charge in [-0.25, -0.2) is 0 Å². The molecule has 1 aliphatic rings. The Labute approximate surface area is 121 Å². The molecule has 3 nitrogen and oxygen atoms in total. The summed E-state index contributed by atoms with van der Waals surface area (Å²) in [4.78, 5) is 3.54. The number of hydrogen-bond donors (Lipinski definition) is 0. The van der Waals surface area contributed by atoms with Gasteiger partial charge in [0.1, 0.15) is 5.69 Å². The SMILES string of the molecule is c1csc(-c2nnc(N3CCCC3)c3ccccc23)c1. The van der Waals surface area contributed by atoms with Gasteiger partial charge >= 0.3 is 0 Å². The average molecular weight is 281 g/mol. The molecule has 2 aromatic heterocycles. The third kappa shape index (κ3) is 1.88. The third-order valence-electron chi connectivity index (χ3n) is 3.83. The average Bonchev–Trinajstić information content (AvgIpc) is 3.19. The maximum absolute atomic E-state index is 4.53. The molecule has 0 unspecified atom stereocenters. The molecule has 1 aromatic carbocycles. The van der Waals surface area contributed by atoms with Crippen molar-refractivity contribution in [1.29, 1.82) is 0 Å². The van der Waals surface area contributed by atoms with Gasteiger partial charge in [-0.2, -0.15) is 0 Å². The fourth-order valence-electron chi connectivity index (χ4n) is 2.85. The summed E-state index contributed by atoms with van der Waals surface area (Å²) in [6, 6.07) is 12.6. The predicted molar refractivity (Wildman–Crippen MR) is 84.3 cm³/mol. The summed E-state index contributed by atoms with van der Waals surface area (Å²) >= 11 is 1.71. The van der Waals surface area contributed by atoms with Gasteiger partial charge in [-0.3, -0.25) is 0 Å². The van der Waals surface area contributed by atoms with Gasteiger partial charge in [-0.05, 0) is 24.3 Å². The Morgan fingerprint density at radius 3 is 2.45 bits per heavy atom. The van der Waals surface area contributed by atoms with Crippen LogP contribution < -0.4 is 4.90 Å². The van der Waals surface area contributed by atoms with E-state index in [1.165, 1.54) is 28.5 Å². The Bertz CT molecular complexity index is 731. The Hall–Kier alpha value is -1.94. The van der Waals surface area contributed by atoms with Crippen LogP contribution in [0.4, 0.5) is 5.82 Å². The smallest absolute Gasteiger partial charge is 0.159 e. The Morgan fingerprint density at radius 2 is 1.70 bits per heavy atom. The summed E-state index contributed by atoms with van der Waals surface area (Å²) in [5, 5.41) is 13.5. The normalized spacial score (nSPS) is 15.1. The van der Waals surface area contributed by atoms with Crippen LogP contribution in [0, 0.1) is 0 Å². The van der Waals surface area contributed by atoms with Gasteiger partial charge in [0, 0.05) is 23.9 Å².